The van der Waals surface area contributed by atoms with Gasteiger partial charge in [-0.15, -0.1) is 0 Å². The lowest BCUT2D eigenvalue weighted by Crippen LogP contribution is -2.24. The maximum absolute atomic E-state index is 12.0. The van der Waals surface area contributed by atoms with E-state index < -0.39 is 10.8 Å². The lowest BCUT2D eigenvalue weighted by molar-refractivity contribution is -0.384. The van der Waals surface area contributed by atoms with E-state index in [0.717, 1.165) is 5.56 Å². The summed E-state index contributed by atoms with van der Waals surface area (Å²) in [6.07, 6.45) is 1.58. The van der Waals surface area contributed by atoms with Gasteiger partial charge in [0.25, 0.3) is 11.6 Å². The molecule has 0 unspecified atom stereocenters. The van der Waals surface area contributed by atoms with Gasteiger partial charge >= 0.3 is 0 Å². The van der Waals surface area contributed by atoms with Crippen molar-refractivity contribution in [3.8, 4) is 0 Å². The lowest BCUT2D eigenvalue weighted by Gasteiger charge is -2.01. The minimum Gasteiger partial charge on any atom is -0.305 e. The number of amides is 1. The Morgan fingerprint density at radius 2 is 1.96 bits per heavy atom. The van der Waals surface area contributed by atoms with Crippen molar-refractivity contribution in [2.75, 3.05) is 0 Å². The first-order valence-corrected chi connectivity index (χ1v) is 7.51. The van der Waals surface area contributed by atoms with Crippen molar-refractivity contribution in [2.45, 2.75) is 0 Å². The maximum atomic E-state index is 12.0. The normalized spacial score (nSPS) is 15.3. The summed E-state index contributed by atoms with van der Waals surface area (Å²) in [6, 6.07) is 11.2. The van der Waals surface area contributed by atoms with E-state index in [4.69, 9.17) is 23.2 Å². The van der Waals surface area contributed by atoms with Crippen molar-refractivity contribution in [1.82, 2.24) is 5.32 Å². The van der Waals surface area contributed by atoms with E-state index in [-0.39, 0.29) is 22.2 Å². The second-order valence-corrected chi connectivity index (χ2v) is 5.77. The van der Waals surface area contributed by atoms with Crippen molar-refractivity contribution in [2.24, 2.45) is 4.99 Å². The van der Waals surface area contributed by atoms with Crippen LogP contribution in [0.15, 0.2) is 53.2 Å². The second-order valence-electron chi connectivity index (χ2n) is 4.92. The van der Waals surface area contributed by atoms with Crippen LogP contribution in [0.4, 0.5) is 5.69 Å². The van der Waals surface area contributed by atoms with Gasteiger partial charge in [-0.2, -0.15) is 0 Å². The van der Waals surface area contributed by atoms with Crippen molar-refractivity contribution >= 4 is 46.7 Å². The first-order valence-electron chi connectivity index (χ1n) is 6.75. The Labute approximate surface area is 146 Å². The fraction of sp³-hybridized carbons (Fsp3) is 0. The predicted octanol–water partition coefficient (Wildman–Crippen LogP) is 3.82. The standard InChI is InChI=1S/C16H9Cl2N3O3/c17-11-3-1-2-9(6-11)7-13-16(22)20-15(19-13)10-4-5-12(18)14(8-10)21(23)24/h1-8H,(H,19,20,22)/b13-7-. The van der Waals surface area contributed by atoms with Crippen LogP contribution in [0.5, 0.6) is 0 Å². The van der Waals surface area contributed by atoms with Crippen LogP contribution in [0.3, 0.4) is 0 Å². The van der Waals surface area contributed by atoms with Crippen molar-refractivity contribution in [3.63, 3.8) is 0 Å². The molecule has 1 aliphatic heterocycles. The number of halogens is 2. The third-order valence-electron chi connectivity index (χ3n) is 3.27. The highest BCUT2D eigenvalue weighted by Crippen LogP contribution is 2.26. The zero-order valence-corrected chi connectivity index (χ0v) is 13.5. The van der Waals surface area contributed by atoms with Crippen LogP contribution in [-0.4, -0.2) is 16.7 Å². The Morgan fingerprint density at radius 1 is 1.17 bits per heavy atom. The van der Waals surface area contributed by atoms with Gasteiger partial charge in [0.2, 0.25) is 0 Å². The number of carbonyl (C=O) groups excluding carboxylic acids is 1. The Balaban J connectivity index is 1.98. The molecule has 6 nitrogen and oxygen atoms in total. The summed E-state index contributed by atoms with van der Waals surface area (Å²) in [5.74, 6) is -0.171. The summed E-state index contributed by atoms with van der Waals surface area (Å²) in [4.78, 5) is 26.6. The summed E-state index contributed by atoms with van der Waals surface area (Å²) >= 11 is 11.7. The smallest absolute Gasteiger partial charge is 0.288 e. The fourth-order valence-electron chi connectivity index (χ4n) is 2.16. The van der Waals surface area contributed by atoms with Crippen LogP contribution in [0.1, 0.15) is 11.1 Å². The van der Waals surface area contributed by atoms with Gasteiger partial charge < -0.3 is 5.32 Å². The number of hydrogen-bond donors (Lipinski definition) is 1. The average molecular weight is 362 g/mol. The van der Waals surface area contributed by atoms with Crippen LogP contribution in [0, 0.1) is 10.1 Å². The monoisotopic (exact) mass is 361 g/mol. The topological polar surface area (TPSA) is 84.6 Å². The molecule has 24 heavy (non-hydrogen) atoms. The lowest BCUT2D eigenvalue weighted by atomic mass is 10.2. The molecule has 3 rings (SSSR count). The summed E-state index contributed by atoms with van der Waals surface area (Å²) in [5.41, 5.74) is 1.05. The number of carbonyl (C=O) groups is 1. The number of amidine groups is 1. The highest BCUT2D eigenvalue weighted by molar-refractivity contribution is 6.33. The van der Waals surface area contributed by atoms with Crippen molar-refractivity contribution in [1.29, 1.82) is 0 Å². The molecule has 1 aliphatic rings. The molecule has 1 amide bonds. The van der Waals surface area contributed by atoms with Crippen molar-refractivity contribution < 1.29 is 9.72 Å². The summed E-state index contributed by atoms with van der Waals surface area (Å²) < 4.78 is 0. The van der Waals surface area contributed by atoms with E-state index >= 15 is 0 Å². The van der Waals surface area contributed by atoms with Gasteiger partial charge in [0.05, 0.1) is 4.92 Å². The molecule has 2 aromatic carbocycles. The first-order chi connectivity index (χ1) is 11.4. The van der Waals surface area contributed by atoms with Gasteiger partial charge in [-0.1, -0.05) is 35.3 Å². The van der Waals surface area contributed by atoms with Gasteiger partial charge in [-0.25, -0.2) is 4.99 Å². The zero-order chi connectivity index (χ0) is 17.3. The number of nitrogens with one attached hydrogen (secondary N) is 1. The molecule has 0 bridgehead atoms. The molecular weight excluding hydrogens is 353 g/mol. The third kappa shape index (κ3) is 3.29. The molecule has 1 heterocycles. The Kier molecular flexibility index (Phi) is 4.33. The molecule has 0 spiro atoms. The summed E-state index contributed by atoms with van der Waals surface area (Å²) in [5, 5.41) is 14.1. The average Bonchev–Trinajstić information content (AvgIpc) is 2.88. The molecule has 1 N–H and O–H groups in total. The number of hydrogen-bond acceptors (Lipinski definition) is 4. The largest absolute Gasteiger partial charge is 0.305 e. The van der Waals surface area contributed by atoms with Gasteiger partial charge in [-0.05, 0) is 35.9 Å². The van der Waals surface area contributed by atoms with Gasteiger partial charge in [0.1, 0.15) is 16.6 Å². The molecule has 0 aromatic heterocycles. The first kappa shape index (κ1) is 16.2. The van der Waals surface area contributed by atoms with Gasteiger partial charge in [-0.3, -0.25) is 14.9 Å². The number of nitro groups is 1. The Bertz CT molecular complexity index is 923. The van der Waals surface area contributed by atoms with E-state index in [0.29, 0.717) is 10.6 Å². The molecule has 120 valence electrons. The van der Waals surface area contributed by atoms with Crippen LogP contribution < -0.4 is 5.32 Å². The highest BCUT2D eigenvalue weighted by Gasteiger charge is 2.23. The van der Waals surface area contributed by atoms with Crippen LogP contribution in [0.25, 0.3) is 6.08 Å². The molecule has 0 atom stereocenters. The molecular formula is C16H9Cl2N3O3. The van der Waals surface area contributed by atoms with E-state index in [9.17, 15) is 14.9 Å². The van der Waals surface area contributed by atoms with Crippen molar-refractivity contribution in [3.05, 3.63) is 79.4 Å². The fourth-order valence-corrected chi connectivity index (χ4v) is 2.54. The Hall–Kier alpha value is -2.70. The van der Waals surface area contributed by atoms with E-state index in [1.165, 1.54) is 12.1 Å². The minimum atomic E-state index is -0.591. The van der Waals surface area contributed by atoms with Crippen LogP contribution in [0.2, 0.25) is 10.0 Å². The van der Waals surface area contributed by atoms with E-state index in [2.05, 4.69) is 10.3 Å². The van der Waals surface area contributed by atoms with Gasteiger partial charge in [0.15, 0.2) is 0 Å². The molecule has 2 aromatic rings. The summed E-state index contributed by atoms with van der Waals surface area (Å²) in [7, 11) is 0. The molecule has 0 saturated carbocycles. The Morgan fingerprint density at radius 3 is 2.67 bits per heavy atom. The number of rotatable bonds is 3. The molecule has 0 radical (unpaired) electrons. The molecule has 0 saturated heterocycles. The SMILES string of the molecule is O=C1NC(c2ccc(Cl)c([N+](=O)[O-])c2)=N/C1=C\c1cccc(Cl)c1. The molecule has 0 aliphatic carbocycles. The number of nitro benzene ring substituents is 1. The second kappa shape index (κ2) is 6.43. The van der Waals surface area contributed by atoms with Crippen LogP contribution in [-0.2, 0) is 4.79 Å². The number of nitrogens with zero attached hydrogens (tertiary/aromatic N) is 2. The minimum absolute atomic E-state index is 0.0170. The van der Waals surface area contributed by atoms with Crippen LogP contribution >= 0.6 is 23.2 Å². The highest BCUT2D eigenvalue weighted by atomic mass is 35.5. The zero-order valence-electron chi connectivity index (χ0n) is 12.0. The predicted molar refractivity (Wildman–Crippen MR) is 92.2 cm³/mol. The summed E-state index contributed by atoms with van der Waals surface area (Å²) in [6.45, 7) is 0. The quantitative estimate of drug-likeness (QED) is 0.512. The van der Waals surface area contributed by atoms with E-state index in [1.54, 1.807) is 36.4 Å². The number of aliphatic imine (C=N–C) groups is 1. The van der Waals surface area contributed by atoms with E-state index in [1.807, 2.05) is 0 Å². The van der Waals surface area contributed by atoms with Gasteiger partial charge in [0, 0.05) is 16.7 Å². The number of benzene rings is 2. The molecule has 8 heteroatoms. The molecule has 0 fully saturated rings. The maximum Gasteiger partial charge on any atom is 0.288 e. The third-order valence-corrected chi connectivity index (χ3v) is 3.82.